The van der Waals surface area contributed by atoms with Gasteiger partial charge in [-0.05, 0) is 51.8 Å². The predicted molar refractivity (Wildman–Crippen MR) is 106 cm³/mol. The lowest BCUT2D eigenvalue weighted by Gasteiger charge is -2.44. The average molecular weight is 423 g/mol. The molecule has 1 aromatic carbocycles. The molecule has 1 fully saturated rings. The molecule has 4 nitrogen and oxygen atoms in total. The van der Waals surface area contributed by atoms with E-state index < -0.39 is 5.66 Å². The molecule has 3 atom stereocenters. The molecule has 3 aliphatic rings. The van der Waals surface area contributed by atoms with Crippen LogP contribution in [0.25, 0.3) is 0 Å². The number of ether oxygens (including phenoxy) is 2. The first-order valence-electron chi connectivity index (χ1n) is 8.78. The number of rotatable bonds is 1. The van der Waals surface area contributed by atoms with Crippen molar-refractivity contribution < 1.29 is 9.47 Å². The zero-order valence-corrected chi connectivity index (χ0v) is 17.2. The van der Waals surface area contributed by atoms with Crippen molar-refractivity contribution in [1.82, 2.24) is 5.32 Å². The summed E-state index contributed by atoms with van der Waals surface area (Å²) in [6, 6.07) is 6.15. The molecule has 3 aliphatic heterocycles. The van der Waals surface area contributed by atoms with E-state index in [1.54, 1.807) is 0 Å². The molecule has 4 rings (SSSR count). The van der Waals surface area contributed by atoms with Crippen molar-refractivity contribution in [3.05, 3.63) is 28.2 Å². The summed E-state index contributed by atoms with van der Waals surface area (Å²) in [5.41, 5.74) is 1.35. The van der Waals surface area contributed by atoms with E-state index in [0.717, 1.165) is 52.4 Å². The summed E-state index contributed by atoms with van der Waals surface area (Å²) >= 11 is 9.05. The van der Waals surface area contributed by atoms with Crippen LogP contribution >= 0.6 is 28.1 Å². The van der Waals surface area contributed by atoms with Crippen molar-refractivity contribution in [1.29, 1.82) is 0 Å². The summed E-state index contributed by atoms with van der Waals surface area (Å²) < 4.78 is 13.4. The third kappa shape index (κ3) is 3.13. The second-order valence-corrected chi connectivity index (χ2v) is 9.20. The maximum Gasteiger partial charge on any atom is 0.163 e. The van der Waals surface area contributed by atoms with Crippen molar-refractivity contribution in [2.75, 3.05) is 6.61 Å². The second kappa shape index (κ2) is 6.03. The van der Waals surface area contributed by atoms with Gasteiger partial charge in [-0.2, -0.15) is 0 Å². The zero-order chi connectivity index (χ0) is 17.8. The average Bonchev–Trinajstić information content (AvgIpc) is 2.82. The van der Waals surface area contributed by atoms with Gasteiger partial charge in [-0.1, -0.05) is 28.1 Å². The maximum absolute atomic E-state index is 6.45. The minimum Gasteiger partial charge on any atom is -0.490 e. The Bertz CT molecular complexity index is 764. The molecule has 25 heavy (non-hydrogen) atoms. The van der Waals surface area contributed by atoms with E-state index in [1.165, 1.54) is 0 Å². The summed E-state index contributed by atoms with van der Waals surface area (Å²) in [4.78, 5) is 5.69. The molecule has 0 aliphatic carbocycles. The van der Waals surface area contributed by atoms with Crippen LogP contribution in [-0.2, 0) is 10.4 Å². The van der Waals surface area contributed by atoms with Crippen LogP contribution in [0.4, 0.5) is 0 Å². The van der Waals surface area contributed by atoms with Crippen LogP contribution in [0.15, 0.2) is 27.7 Å². The van der Waals surface area contributed by atoms with Gasteiger partial charge in [-0.3, -0.25) is 4.99 Å². The monoisotopic (exact) mass is 422 g/mol. The van der Waals surface area contributed by atoms with E-state index in [-0.39, 0.29) is 11.7 Å². The molecule has 0 aromatic heterocycles. The second-order valence-electron chi connectivity index (χ2n) is 7.87. The summed E-state index contributed by atoms with van der Waals surface area (Å²) in [5, 5.41) is 3.49. The first-order chi connectivity index (χ1) is 11.8. The Kier molecular flexibility index (Phi) is 4.21. The molecule has 1 saturated heterocycles. The Hall–Kier alpha value is -0.980. The molecule has 0 saturated carbocycles. The molecule has 1 aromatic rings. The fourth-order valence-electron chi connectivity index (χ4n) is 4.26. The number of nitrogens with zero attached hydrogens (tertiary/aromatic N) is 1. The molecule has 0 amide bonds. The fraction of sp³-hybridized carbons (Fsp3) is 0.579. The number of fused-ring (bicyclic) bond motifs is 2. The minimum absolute atomic E-state index is 0.0989. The number of thiocarbonyl (C=S) groups is 1. The quantitative estimate of drug-likeness (QED) is 0.683. The molecule has 3 unspecified atom stereocenters. The number of hydrogen-bond acceptors (Lipinski definition) is 4. The molecule has 0 bridgehead atoms. The summed E-state index contributed by atoms with van der Waals surface area (Å²) in [7, 11) is 0. The Morgan fingerprint density at radius 2 is 2.12 bits per heavy atom. The van der Waals surface area contributed by atoms with E-state index in [1.807, 2.05) is 19.1 Å². The van der Waals surface area contributed by atoms with Crippen LogP contribution in [0.1, 0.15) is 45.6 Å². The van der Waals surface area contributed by atoms with Gasteiger partial charge in [0, 0.05) is 29.0 Å². The molecule has 0 radical (unpaired) electrons. The van der Waals surface area contributed by atoms with Crippen molar-refractivity contribution in [2.24, 2.45) is 10.9 Å². The highest BCUT2D eigenvalue weighted by molar-refractivity contribution is 9.10. The molecule has 3 heterocycles. The van der Waals surface area contributed by atoms with E-state index in [2.05, 4.69) is 41.2 Å². The highest BCUT2D eigenvalue weighted by Crippen LogP contribution is 2.47. The Morgan fingerprint density at radius 3 is 2.80 bits per heavy atom. The summed E-state index contributed by atoms with van der Waals surface area (Å²) in [5.74, 6) is 1.35. The summed E-state index contributed by atoms with van der Waals surface area (Å²) in [6.45, 7) is 7.08. The lowest BCUT2D eigenvalue weighted by atomic mass is 9.79. The van der Waals surface area contributed by atoms with Crippen LogP contribution in [0.5, 0.6) is 5.75 Å². The van der Waals surface area contributed by atoms with Gasteiger partial charge >= 0.3 is 0 Å². The smallest absolute Gasteiger partial charge is 0.163 e. The van der Waals surface area contributed by atoms with Crippen LogP contribution in [-0.4, -0.2) is 29.0 Å². The number of nitrogens with one attached hydrogen (secondary N) is 1. The summed E-state index contributed by atoms with van der Waals surface area (Å²) in [6.07, 6.45) is 2.90. The van der Waals surface area contributed by atoms with E-state index in [0.29, 0.717) is 5.92 Å². The van der Waals surface area contributed by atoms with Crippen molar-refractivity contribution in [3.63, 3.8) is 0 Å². The minimum atomic E-state index is -0.508. The van der Waals surface area contributed by atoms with E-state index >= 15 is 0 Å². The van der Waals surface area contributed by atoms with Crippen LogP contribution < -0.4 is 10.1 Å². The first-order valence-corrected chi connectivity index (χ1v) is 9.98. The van der Waals surface area contributed by atoms with Gasteiger partial charge in [0.2, 0.25) is 0 Å². The van der Waals surface area contributed by atoms with Gasteiger partial charge in [-0.25, -0.2) is 0 Å². The van der Waals surface area contributed by atoms with Gasteiger partial charge in [0.15, 0.2) is 5.66 Å². The highest BCUT2D eigenvalue weighted by Gasteiger charge is 2.48. The van der Waals surface area contributed by atoms with Gasteiger partial charge < -0.3 is 14.8 Å². The Balaban J connectivity index is 1.73. The zero-order valence-electron chi connectivity index (χ0n) is 14.8. The number of aliphatic imine (C=N–C) groups is 1. The van der Waals surface area contributed by atoms with Gasteiger partial charge in [0.1, 0.15) is 16.8 Å². The number of benzene rings is 1. The first kappa shape index (κ1) is 17.4. The number of halogens is 1. The molecule has 1 spiro atoms. The van der Waals surface area contributed by atoms with Gasteiger partial charge in [-0.15, -0.1) is 0 Å². The van der Waals surface area contributed by atoms with Crippen LogP contribution in [0.3, 0.4) is 0 Å². The molecule has 1 N–H and O–H groups in total. The predicted octanol–water partition coefficient (Wildman–Crippen LogP) is 4.35. The Morgan fingerprint density at radius 1 is 1.32 bits per heavy atom. The van der Waals surface area contributed by atoms with Crippen LogP contribution in [0.2, 0.25) is 0 Å². The topological polar surface area (TPSA) is 42.9 Å². The SMILES string of the molecule is CC1=NC2(CC(C3CCOC(C)(C)C3)Oc3ccc(Br)cc32)NC1=S. The number of hydrogen-bond donors (Lipinski definition) is 1. The largest absolute Gasteiger partial charge is 0.490 e. The third-order valence-electron chi connectivity index (χ3n) is 5.43. The van der Waals surface area contributed by atoms with Crippen molar-refractivity contribution >= 4 is 38.8 Å². The van der Waals surface area contributed by atoms with E-state index in [4.69, 9.17) is 26.7 Å². The van der Waals surface area contributed by atoms with E-state index in [9.17, 15) is 0 Å². The standard InChI is InChI=1S/C19H23BrN2O2S/c1-11-17(25)22-19(21-11)10-16(12-6-7-23-18(2,3)9-12)24-15-5-4-13(20)8-14(15)19/h4-5,8,12,16H,6-7,9-10H2,1-3H3,(H,22,25). The molecule has 6 heteroatoms. The Labute approximate surface area is 162 Å². The van der Waals surface area contributed by atoms with Gasteiger partial charge in [0.05, 0.1) is 11.3 Å². The van der Waals surface area contributed by atoms with Crippen molar-refractivity contribution in [3.8, 4) is 5.75 Å². The van der Waals surface area contributed by atoms with Crippen LogP contribution in [0, 0.1) is 5.92 Å². The fourth-order valence-corrected chi connectivity index (χ4v) is 4.84. The molecular weight excluding hydrogens is 400 g/mol. The van der Waals surface area contributed by atoms with Gasteiger partial charge in [0.25, 0.3) is 0 Å². The molecular formula is C19H23BrN2O2S. The molecule has 134 valence electrons. The lowest BCUT2D eigenvalue weighted by Crippen LogP contribution is -2.50. The normalized spacial score (nSPS) is 33.4. The van der Waals surface area contributed by atoms with Crippen molar-refractivity contribution in [2.45, 2.75) is 57.4 Å². The maximum atomic E-state index is 6.45. The third-order valence-corrected chi connectivity index (χ3v) is 6.32. The highest BCUT2D eigenvalue weighted by atomic mass is 79.9. The lowest BCUT2D eigenvalue weighted by molar-refractivity contribution is -0.0971.